The number of aryl methyl sites for hydroxylation is 1. The maximum absolute atomic E-state index is 10.3. The van der Waals surface area contributed by atoms with E-state index in [0.717, 1.165) is 18.4 Å². The molecule has 0 aromatic heterocycles. The molecule has 0 aliphatic heterocycles. The minimum atomic E-state index is 0.389. The van der Waals surface area contributed by atoms with Gasteiger partial charge in [0.15, 0.2) is 0 Å². The second-order valence-corrected chi connectivity index (χ2v) is 7.59. The molecule has 2 unspecified atom stereocenters. The highest BCUT2D eigenvalue weighted by molar-refractivity contribution is 5.41. The Morgan fingerprint density at radius 3 is 2.21 bits per heavy atom. The fourth-order valence-corrected chi connectivity index (χ4v) is 3.40. The average molecular weight is 325 g/mol. The summed E-state index contributed by atoms with van der Waals surface area (Å²) in [6.45, 7) is 13.4. The Bertz CT molecular complexity index is 684. The Kier molecular flexibility index (Phi) is 6.10. The zero-order chi connectivity index (χ0) is 17.9. The van der Waals surface area contributed by atoms with Gasteiger partial charge in [0.2, 0.25) is 0 Å². The van der Waals surface area contributed by atoms with Crippen LogP contribution in [0.25, 0.3) is 0 Å². The topological polar surface area (TPSA) is 20.2 Å². The number of phenols is 1. The van der Waals surface area contributed by atoms with Crippen LogP contribution in [0.4, 0.5) is 0 Å². The van der Waals surface area contributed by atoms with Crippen LogP contribution in [-0.4, -0.2) is 5.11 Å². The summed E-state index contributed by atoms with van der Waals surface area (Å²) in [5.74, 6) is 1.86. The summed E-state index contributed by atoms with van der Waals surface area (Å²) in [4.78, 5) is 0. The van der Waals surface area contributed by atoms with Gasteiger partial charge in [-0.15, -0.1) is 0 Å². The molecule has 2 atom stereocenters. The quantitative estimate of drug-likeness (QED) is 0.628. The van der Waals surface area contributed by atoms with Crippen LogP contribution in [0.3, 0.4) is 0 Å². The minimum absolute atomic E-state index is 0.389. The van der Waals surface area contributed by atoms with Crippen LogP contribution in [0.5, 0.6) is 5.75 Å². The molecule has 0 aliphatic rings. The second-order valence-electron chi connectivity index (χ2n) is 7.59. The molecule has 2 aromatic carbocycles. The molecule has 2 aromatic rings. The first-order valence-electron chi connectivity index (χ1n) is 9.25. The van der Waals surface area contributed by atoms with E-state index in [9.17, 15) is 5.11 Å². The van der Waals surface area contributed by atoms with Crippen molar-refractivity contribution in [3.8, 4) is 5.75 Å². The van der Waals surface area contributed by atoms with Crippen molar-refractivity contribution in [2.45, 2.75) is 72.1 Å². The van der Waals surface area contributed by atoms with E-state index in [0.29, 0.717) is 23.5 Å². The van der Waals surface area contributed by atoms with Crippen LogP contribution in [0.15, 0.2) is 36.4 Å². The van der Waals surface area contributed by atoms with Crippen molar-refractivity contribution in [3.63, 3.8) is 0 Å². The van der Waals surface area contributed by atoms with Crippen LogP contribution in [0.2, 0.25) is 0 Å². The van der Waals surface area contributed by atoms with E-state index < -0.39 is 0 Å². The summed E-state index contributed by atoms with van der Waals surface area (Å²) in [5, 5.41) is 10.3. The summed E-state index contributed by atoms with van der Waals surface area (Å²) in [5.41, 5.74) is 6.53. The zero-order valence-corrected chi connectivity index (χ0v) is 16.1. The minimum Gasteiger partial charge on any atom is -0.508 e. The maximum atomic E-state index is 10.3. The molecule has 0 saturated carbocycles. The SMILES string of the molecule is CCC(C)c1ccc(O)c(CC(C)c2cc(C)ccc2C(C)C)c1. The van der Waals surface area contributed by atoms with E-state index in [-0.39, 0.29) is 0 Å². The molecule has 0 fully saturated rings. The molecule has 0 heterocycles. The lowest BCUT2D eigenvalue weighted by Crippen LogP contribution is -2.05. The molecule has 24 heavy (non-hydrogen) atoms. The van der Waals surface area contributed by atoms with Gasteiger partial charge in [-0.05, 0) is 65.8 Å². The first-order chi connectivity index (χ1) is 11.3. The number of hydrogen-bond donors (Lipinski definition) is 1. The van der Waals surface area contributed by atoms with Crippen molar-refractivity contribution in [3.05, 3.63) is 64.2 Å². The molecule has 0 amide bonds. The predicted molar refractivity (Wildman–Crippen MR) is 104 cm³/mol. The second kappa shape index (κ2) is 7.88. The Balaban J connectivity index is 2.33. The smallest absolute Gasteiger partial charge is 0.118 e. The molecular weight excluding hydrogens is 292 g/mol. The standard InChI is InChI=1S/C23H32O/c1-7-17(5)19-9-11-23(24)20(14-19)13-18(6)22-12-16(4)8-10-21(22)15(2)3/h8-12,14-15,17-18,24H,7,13H2,1-6H3. The van der Waals surface area contributed by atoms with Gasteiger partial charge in [0.05, 0.1) is 0 Å². The van der Waals surface area contributed by atoms with Gasteiger partial charge >= 0.3 is 0 Å². The summed E-state index contributed by atoms with van der Waals surface area (Å²) < 4.78 is 0. The number of benzene rings is 2. The molecule has 0 spiro atoms. The number of aromatic hydroxyl groups is 1. The number of phenolic OH excluding ortho intramolecular Hbond substituents is 1. The molecular formula is C23H32O. The zero-order valence-electron chi connectivity index (χ0n) is 16.1. The fraction of sp³-hybridized carbons (Fsp3) is 0.478. The van der Waals surface area contributed by atoms with Crippen LogP contribution < -0.4 is 0 Å². The Morgan fingerprint density at radius 1 is 0.875 bits per heavy atom. The predicted octanol–water partition coefficient (Wildman–Crippen LogP) is 6.68. The monoisotopic (exact) mass is 324 g/mol. The average Bonchev–Trinajstić information content (AvgIpc) is 2.55. The van der Waals surface area contributed by atoms with Crippen molar-refractivity contribution < 1.29 is 5.11 Å². The molecule has 1 N–H and O–H groups in total. The molecule has 130 valence electrons. The first-order valence-corrected chi connectivity index (χ1v) is 9.25. The fourth-order valence-electron chi connectivity index (χ4n) is 3.40. The summed E-state index contributed by atoms with van der Waals surface area (Å²) >= 11 is 0. The first kappa shape index (κ1) is 18.6. The van der Waals surface area contributed by atoms with E-state index in [1.54, 1.807) is 0 Å². The third-order valence-electron chi connectivity index (χ3n) is 5.21. The van der Waals surface area contributed by atoms with Gasteiger partial charge in [0, 0.05) is 0 Å². The number of rotatable bonds is 6. The highest BCUT2D eigenvalue weighted by atomic mass is 16.3. The van der Waals surface area contributed by atoms with Crippen LogP contribution in [0.1, 0.15) is 86.6 Å². The lowest BCUT2D eigenvalue weighted by molar-refractivity contribution is 0.465. The van der Waals surface area contributed by atoms with E-state index in [4.69, 9.17) is 0 Å². The molecule has 1 nitrogen and oxygen atoms in total. The van der Waals surface area contributed by atoms with Crippen LogP contribution >= 0.6 is 0 Å². The maximum Gasteiger partial charge on any atom is 0.118 e. The van der Waals surface area contributed by atoms with E-state index in [2.05, 4.69) is 71.9 Å². The van der Waals surface area contributed by atoms with Crippen molar-refractivity contribution >= 4 is 0 Å². The Labute approximate surface area is 147 Å². The molecule has 1 heteroatoms. The Morgan fingerprint density at radius 2 is 1.58 bits per heavy atom. The van der Waals surface area contributed by atoms with Gasteiger partial charge in [0.1, 0.15) is 5.75 Å². The van der Waals surface area contributed by atoms with Gasteiger partial charge in [0.25, 0.3) is 0 Å². The van der Waals surface area contributed by atoms with Crippen LogP contribution in [-0.2, 0) is 6.42 Å². The van der Waals surface area contributed by atoms with Crippen molar-refractivity contribution in [1.82, 2.24) is 0 Å². The summed E-state index contributed by atoms with van der Waals surface area (Å²) in [6, 6.07) is 12.9. The molecule has 0 bridgehead atoms. The summed E-state index contributed by atoms with van der Waals surface area (Å²) in [6.07, 6.45) is 1.99. The largest absolute Gasteiger partial charge is 0.508 e. The van der Waals surface area contributed by atoms with Gasteiger partial charge in [-0.25, -0.2) is 0 Å². The lowest BCUT2D eigenvalue weighted by atomic mass is 9.84. The Hall–Kier alpha value is -1.76. The molecule has 2 rings (SSSR count). The van der Waals surface area contributed by atoms with Crippen molar-refractivity contribution in [2.24, 2.45) is 0 Å². The lowest BCUT2D eigenvalue weighted by Gasteiger charge is -2.21. The van der Waals surface area contributed by atoms with Gasteiger partial charge in [-0.3, -0.25) is 0 Å². The van der Waals surface area contributed by atoms with E-state index >= 15 is 0 Å². The van der Waals surface area contributed by atoms with E-state index in [1.165, 1.54) is 22.3 Å². The molecule has 0 aliphatic carbocycles. The van der Waals surface area contributed by atoms with Gasteiger partial charge < -0.3 is 5.11 Å². The third-order valence-corrected chi connectivity index (χ3v) is 5.21. The normalized spacial score (nSPS) is 14.0. The highest BCUT2D eigenvalue weighted by Crippen LogP contribution is 2.33. The molecule has 0 saturated heterocycles. The summed E-state index contributed by atoms with van der Waals surface area (Å²) in [7, 11) is 0. The van der Waals surface area contributed by atoms with Crippen LogP contribution in [0, 0.1) is 6.92 Å². The van der Waals surface area contributed by atoms with Gasteiger partial charge in [-0.2, -0.15) is 0 Å². The van der Waals surface area contributed by atoms with Crippen molar-refractivity contribution in [1.29, 1.82) is 0 Å². The highest BCUT2D eigenvalue weighted by Gasteiger charge is 2.16. The third kappa shape index (κ3) is 4.20. The van der Waals surface area contributed by atoms with E-state index in [1.807, 2.05) is 6.07 Å². The molecule has 0 radical (unpaired) electrons. The van der Waals surface area contributed by atoms with Gasteiger partial charge in [-0.1, -0.05) is 70.5 Å². The van der Waals surface area contributed by atoms with Crippen molar-refractivity contribution in [2.75, 3.05) is 0 Å². The number of hydrogen-bond acceptors (Lipinski definition) is 1.